The summed E-state index contributed by atoms with van der Waals surface area (Å²) in [6, 6.07) is 0.838. The second-order valence-corrected chi connectivity index (χ2v) is 4.76. The quantitative estimate of drug-likeness (QED) is 0.802. The van der Waals surface area contributed by atoms with Crippen LogP contribution in [0.4, 0.5) is 19.0 Å². The second-order valence-electron chi connectivity index (χ2n) is 2.82. The summed E-state index contributed by atoms with van der Waals surface area (Å²) in [6.07, 6.45) is 0.588. The van der Waals surface area contributed by atoms with Crippen molar-refractivity contribution >= 4 is 15.7 Å². The number of anilines is 1. The van der Waals surface area contributed by atoms with E-state index in [0.29, 0.717) is 6.20 Å². The number of rotatable bonds is 1. The number of aromatic nitrogens is 1. The first kappa shape index (κ1) is 11.8. The van der Waals surface area contributed by atoms with Crippen molar-refractivity contribution in [1.29, 1.82) is 0 Å². The lowest BCUT2D eigenvalue weighted by Crippen LogP contribution is -2.23. The number of nitrogens with two attached hydrogens (primary N) is 1. The molecule has 2 N–H and O–H groups in total. The highest BCUT2D eigenvalue weighted by Gasteiger charge is 2.47. The van der Waals surface area contributed by atoms with Gasteiger partial charge in [0.15, 0.2) is 0 Å². The van der Waals surface area contributed by atoms with Crippen molar-refractivity contribution in [1.82, 2.24) is 4.98 Å². The number of aryl methyl sites for hydroxylation is 1. The molecule has 0 bridgehead atoms. The van der Waals surface area contributed by atoms with Gasteiger partial charge in [-0.2, -0.15) is 13.2 Å². The zero-order chi connectivity index (χ0) is 11.9. The number of hydrogen-bond donors (Lipinski definition) is 1. The summed E-state index contributed by atoms with van der Waals surface area (Å²) in [5, 5.41) is 0. The topological polar surface area (TPSA) is 73.0 Å². The van der Waals surface area contributed by atoms with Crippen LogP contribution in [0.1, 0.15) is 5.56 Å². The maximum atomic E-state index is 12.1. The predicted molar refractivity (Wildman–Crippen MR) is 46.6 cm³/mol. The molecule has 0 aliphatic carbocycles. The molecule has 1 rings (SSSR count). The van der Waals surface area contributed by atoms with Gasteiger partial charge in [0.05, 0.1) is 4.90 Å². The minimum absolute atomic E-state index is 0.00359. The van der Waals surface area contributed by atoms with E-state index in [-0.39, 0.29) is 11.4 Å². The Labute approximate surface area is 83.8 Å². The SMILES string of the molecule is Cc1cc(S(=O)(=O)C(F)(F)F)cnc1N. The van der Waals surface area contributed by atoms with Gasteiger partial charge in [-0.05, 0) is 18.6 Å². The van der Waals surface area contributed by atoms with Crippen LogP contribution < -0.4 is 5.73 Å². The summed E-state index contributed by atoms with van der Waals surface area (Å²) in [5.41, 5.74) is 0.113. The van der Waals surface area contributed by atoms with Gasteiger partial charge in [-0.1, -0.05) is 0 Å². The van der Waals surface area contributed by atoms with E-state index in [1.165, 1.54) is 6.92 Å². The number of pyridine rings is 1. The minimum atomic E-state index is -5.33. The molecule has 0 saturated carbocycles. The molecule has 0 aliphatic heterocycles. The van der Waals surface area contributed by atoms with Crippen molar-refractivity contribution in [3.05, 3.63) is 17.8 Å². The van der Waals surface area contributed by atoms with E-state index < -0.39 is 20.2 Å². The van der Waals surface area contributed by atoms with Gasteiger partial charge in [-0.3, -0.25) is 0 Å². The molecular formula is C7H7F3N2O2S. The van der Waals surface area contributed by atoms with E-state index in [4.69, 9.17) is 5.73 Å². The second kappa shape index (κ2) is 3.37. The van der Waals surface area contributed by atoms with Crippen LogP contribution in [-0.2, 0) is 9.84 Å². The maximum Gasteiger partial charge on any atom is 0.501 e. The van der Waals surface area contributed by atoms with Crippen molar-refractivity contribution in [2.24, 2.45) is 0 Å². The summed E-state index contributed by atoms with van der Waals surface area (Å²) in [7, 11) is -5.33. The summed E-state index contributed by atoms with van der Waals surface area (Å²) >= 11 is 0. The average Bonchev–Trinajstić information content (AvgIpc) is 2.07. The molecule has 15 heavy (non-hydrogen) atoms. The fourth-order valence-corrected chi connectivity index (χ4v) is 1.63. The van der Waals surface area contributed by atoms with Gasteiger partial charge in [0.1, 0.15) is 5.82 Å². The molecule has 84 valence electrons. The fraction of sp³-hybridized carbons (Fsp3) is 0.286. The van der Waals surface area contributed by atoms with E-state index in [0.717, 1.165) is 6.07 Å². The molecule has 0 unspecified atom stereocenters. The highest BCUT2D eigenvalue weighted by atomic mass is 32.2. The first-order chi connectivity index (χ1) is 6.66. The fourth-order valence-electron chi connectivity index (χ4n) is 0.840. The Hall–Kier alpha value is -1.31. The van der Waals surface area contributed by atoms with Crippen molar-refractivity contribution in [3.63, 3.8) is 0 Å². The lowest BCUT2D eigenvalue weighted by Gasteiger charge is -2.08. The number of hydrogen-bond acceptors (Lipinski definition) is 4. The normalized spacial score (nSPS) is 12.8. The van der Waals surface area contributed by atoms with Crippen molar-refractivity contribution in [2.75, 3.05) is 5.73 Å². The Kier molecular flexibility index (Phi) is 2.64. The van der Waals surface area contributed by atoms with Gasteiger partial charge in [-0.15, -0.1) is 0 Å². The molecule has 8 heteroatoms. The lowest BCUT2D eigenvalue weighted by atomic mass is 10.3. The number of nitrogens with zero attached hydrogens (tertiary/aromatic N) is 1. The monoisotopic (exact) mass is 240 g/mol. The van der Waals surface area contributed by atoms with E-state index in [1.807, 2.05) is 0 Å². The molecule has 0 atom stereocenters. The lowest BCUT2D eigenvalue weighted by molar-refractivity contribution is -0.0436. The Morgan fingerprint density at radius 3 is 2.33 bits per heavy atom. The molecule has 0 radical (unpaired) electrons. The maximum absolute atomic E-state index is 12.1. The van der Waals surface area contributed by atoms with Gasteiger partial charge in [0.2, 0.25) is 0 Å². The molecule has 4 nitrogen and oxygen atoms in total. The highest BCUT2D eigenvalue weighted by molar-refractivity contribution is 7.92. The number of sulfone groups is 1. The first-order valence-electron chi connectivity index (χ1n) is 3.70. The number of nitrogen functional groups attached to an aromatic ring is 1. The molecule has 0 fully saturated rings. The predicted octanol–water partition coefficient (Wildman–Crippen LogP) is 1.27. The van der Waals surface area contributed by atoms with Crippen LogP contribution in [0.15, 0.2) is 17.2 Å². The van der Waals surface area contributed by atoms with Crippen LogP contribution in [0.5, 0.6) is 0 Å². The number of alkyl halides is 3. The molecule has 0 aliphatic rings. The third kappa shape index (κ3) is 2.04. The Bertz CT molecular complexity index is 481. The van der Waals surface area contributed by atoms with Gasteiger partial charge in [-0.25, -0.2) is 13.4 Å². The zero-order valence-corrected chi connectivity index (χ0v) is 8.35. The molecular weight excluding hydrogens is 233 g/mol. The Morgan fingerprint density at radius 2 is 1.93 bits per heavy atom. The van der Waals surface area contributed by atoms with Crippen LogP contribution >= 0.6 is 0 Å². The van der Waals surface area contributed by atoms with E-state index in [9.17, 15) is 21.6 Å². The van der Waals surface area contributed by atoms with Crippen LogP contribution in [0.3, 0.4) is 0 Å². The zero-order valence-electron chi connectivity index (χ0n) is 7.54. The molecule has 1 heterocycles. The molecule has 1 aromatic rings. The van der Waals surface area contributed by atoms with Crippen molar-refractivity contribution < 1.29 is 21.6 Å². The van der Waals surface area contributed by atoms with E-state index in [2.05, 4.69) is 4.98 Å². The van der Waals surface area contributed by atoms with Gasteiger partial charge in [0, 0.05) is 6.20 Å². The molecule has 0 saturated heterocycles. The molecule has 0 aromatic carbocycles. The smallest absolute Gasteiger partial charge is 0.383 e. The third-order valence-corrected chi connectivity index (χ3v) is 3.16. The minimum Gasteiger partial charge on any atom is -0.383 e. The van der Waals surface area contributed by atoms with E-state index >= 15 is 0 Å². The van der Waals surface area contributed by atoms with Crippen LogP contribution in [0, 0.1) is 6.92 Å². The molecule has 0 amide bonds. The molecule has 1 aromatic heterocycles. The standard InChI is InChI=1S/C7H7F3N2O2S/c1-4-2-5(3-12-6(4)11)15(13,14)7(8,9)10/h2-3H,1H3,(H2,11,12). The van der Waals surface area contributed by atoms with Crippen LogP contribution in [0.25, 0.3) is 0 Å². The Balaban J connectivity index is 3.36. The van der Waals surface area contributed by atoms with Crippen molar-refractivity contribution in [3.8, 4) is 0 Å². The summed E-state index contributed by atoms with van der Waals surface area (Å²) in [5.74, 6) is -0.00359. The molecule has 0 spiro atoms. The summed E-state index contributed by atoms with van der Waals surface area (Å²) in [6.45, 7) is 1.37. The van der Waals surface area contributed by atoms with Crippen LogP contribution in [0.2, 0.25) is 0 Å². The van der Waals surface area contributed by atoms with Gasteiger partial charge in [0.25, 0.3) is 9.84 Å². The largest absolute Gasteiger partial charge is 0.501 e. The van der Waals surface area contributed by atoms with Gasteiger partial charge >= 0.3 is 5.51 Å². The van der Waals surface area contributed by atoms with Gasteiger partial charge < -0.3 is 5.73 Å². The third-order valence-electron chi connectivity index (χ3n) is 1.71. The van der Waals surface area contributed by atoms with E-state index in [1.54, 1.807) is 0 Å². The Morgan fingerprint density at radius 1 is 1.40 bits per heavy atom. The first-order valence-corrected chi connectivity index (χ1v) is 5.18. The van der Waals surface area contributed by atoms with Crippen molar-refractivity contribution in [2.45, 2.75) is 17.3 Å². The summed E-state index contributed by atoms with van der Waals surface area (Å²) in [4.78, 5) is 2.46. The number of halogens is 3. The summed E-state index contributed by atoms with van der Waals surface area (Å²) < 4.78 is 58.1. The average molecular weight is 240 g/mol. The highest BCUT2D eigenvalue weighted by Crippen LogP contribution is 2.30. The van der Waals surface area contributed by atoms with Crippen LogP contribution in [-0.4, -0.2) is 18.9 Å².